The molecule has 20 heavy (non-hydrogen) atoms. The molecule has 3 rings (SSSR count). The standard InChI is InChI=1S/C18H22O2/c1-3-14-12-19-18(4-2,20-13-14)17-11-7-9-15-8-5-6-10-16(15)17/h5-11,14H,3-4,12-13H2,1-2H3. The molecule has 106 valence electrons. The van der Waals surface area contributed by atoms with Gasteiger partial charge in [-0.1, -0.05) is 56.3 Å². The molecule has 0 aliphatic carbocycles. The molecule has 1 fully saturated rings. The molecular formula is C18H22O2. The van der Waals surface area contributed by atoms with Crippen LogP contribution in [0.15, 0.2) is 42.5 Å². The fourth-order valence-electron chi connectivity index (χ4n) is 2.94. The molecule has 0 aromatic heterocycles. The highest BCUT2D eigenvalue weighted by atomic mass is 16.7. The molecule has 0 radical (unpaired) electrons. The maximum Gasteiger partial charge on any atom is 0.195 e. The lowest BCUT2D eigenvalue weighted by atomic mass is 9.94. The average molecular weight is 270 g/mol. The summed E-state index contributed by atoms with van der Waals surface area (Å²) in [5.74, 6) is -0.0587. The van der Waals surface area contributed by atoms with Crippen LogP contribution in [0, 0.1) is 5.92 Å². The molecule has 2 aromatic carbocycles. The molecule has 2 aromatic rings. The van der Waals surface area contributed by atoms with E-state index in [0.29, 0.717) is 5.92 Å². The molecule has 0 spiro atoms. The second kappa shape index (κ2) is 5.55. The van der Waals surface area contributed by atoms with Crippen LogP contribution in [0.25, 0.3) is 10.8 Å². The minimum atomic E-state index is -0.577. The number of benzene rings is 2. The van der Waals surface area contributed by atoms with Crippen LogP contribution in [0.5, 0.6) is 0 Å². The summed E-state index contributed by atoms with van der Waals surface area (Å²) in [6.07, 6.45) is 1.94. The Labute approximate surface area is 120 Å². The van der Waals surface area contributed by atoms with Crippen molar-refractivity contribution in [1.82, 2.24) is 0 Å². The molecule has 0 N–H and O–H groups in total. The average Bonchev–Trinajstić information content (AvgIpc) is 2.54. The van der Waals surface area contributed by atoms with Crippen molar-refractivity contribution >= 4 is 10.8 Å². The quantitative estimate of drug-likeness (QED) is 0.819. The van der Waals surface area contributed by atoms with Gasteiger partial charge in [0.25, 0.3) is 0 Å². The number of hydrogen-bond donors (Lipinski definition) is 0. The van der Waals surface area contributed by atoms with Gasteiger partial charge in [0.2, 0.25) is 0 Å². The molecule has 0 atom stereocenters. The van der Waals surface area contributed by atoms with Gasteiger partial charge in [0, 0.05) is 17.9 Å². The summed E-state index contributed by atoms with van der Waals surface area (Å²) in [4.78, 5) is 0. The number of fused-ring (bicyclic) bond motifs is 1. The van der Waals surface area contributed by atoms with Gasteiger partial charge in [-0.05, 0) is 17.2 Å². The van der Waals surface area contributed by atoms with E-state index in [0.717, 1.165) is 31.6 Å². The summed E-state index contributed by atoms with van der Waals surface area (Å²) >= 11 is 0. The van der Waals surface area contributed by atoms with Crippen molar-refractivity contribution in [2.24, 2.45) is 5.92 Å². The molecule has 2 heteroatoms. The van der Waals surface area contributed by atoms with E-state index in [1.165, 1.54) is 10.8 Å². The minimum absolute atomic E-state index is 0.518. The van der Waals surface area contributed by atoms with Gasteiger partial charge in [0.15, 0.2) is 5.79 Å². The molecule has 0 bridgehead atoms. The van der Waals surface area contributed by atoms with E-state index in [-0.39, 0.29) is 0 Å². The Balaban J connectivity index is 2.04. The summed E-state index contributed by atoms with van der Waals surface area (Å²) in [5.41, 5.74) is 1.16. The van der Waals surface area contributed by atoms with Gasteiger partial charge in [-0.2, -0.15) is 0 Å². The smallest absolute Gasteiger partial charge is 0.195 e. The zero-order chi connectivity index (χ0) is 14.0. The van der Waals surface area contributed by atoms with Crippen molar-refractivity contribution in [3.05, 3.63) is 48.0 Å². The SMILES string of the molecule is CCC1COC(CC)(c2cccc3ccccc23)OC1. The monoisotopic (exact) mass is 270 g/mol. The zero-order valence-electron chi connectivity index (χ0n) is 12.3. The van der Waals surface area contributed by atoms with Crippen LogP contribution >= 0.6 is 0 Å². The first-order chi connectivity index (χ1) is 9.79. The van der Waals surface area contributed by atoms with Crippen molar-refractivity contribution in [2.75, 3.05) is 13.2 Å². The van der Waals surface area contributed by atoms with Crippen LogP contribution < -0.4 is 0 Å². The predicted molar refractivity (Wildman–Crippen MR) is 81.6 cm³/mol. The molecule has 1 aliphatic rings. The molecule has 1 heterocycles. The summed E-state index contributed by atoms with van der Waals surface area (Å²) < 4.78 is 12.4. The third-order valence-corrected chi connectivity index (χ3v) is 4.35. The van der Waals surface area contributed by atoms with Crippen LogP contribution in [-0.4, -0.2) is 13.2 Å². The Morgan fingerprint density at radius 3 is 2.40 bits per heavy atom. The van der Waals surface area contributed by atoms with Crippen LogP contribution in [0.3, 0.4) is 0 Å². The van der Waals surface area contributed by atoms with E-state index in [4.69, 9.17) is 9.47 Å². The van der Waals surface area contributed by atoms with Gasteiger partial charge >= 0.3 is 0 Å². The first-order valence-electron chi connectivity index (χ1n) is 7.55. The number of rotatable bonds is 3. The van der Waals surface area contributed by atoms with Gasteiger partial charge in [-0.15, -0.1) is 0 Å². The highest BCUT2D eigenvalue weighted by Crippen LogP contribution is 2.39. The van der Waals surface area contributed by atoms with Crippen molar-refractivity contribution in [3.8, 4) is 0 Å². The minimum Gasteiger partial charge on any atom is -0.345 e. The molecule has 0 amide bonds. The summed E-state index contributed by atoms with van der Waals surface area (Å²) in [5, 5.41) is 2.47. The Hall–Kier alpha value is -1.38. The Morgan fingerprint density at radius 2 is 1.70 bits per heavy atom. The van der Waals surface area contributed by atoms with Crippen molar-refractivity contribution in [2.45, 2.75) is 32.5 Å². The van der Waals surface area contributed by atoms with Crippen molar-refractivity contribution in [3.63, 3.8) is 0 Å². The first-order valence-corrected chi connectivity index (χ1v) is 7.55. The fraction of sp³-hybridized carbons (Fsp3) is 0.444. The summed E-state index contributed by atoms with van der Waals surface area (Å²) in [7, 11) is 0. The van der Waals surface area contributed by atoms with E-state index in [2.05, 4.69) is 56.3 Å². The van der Waals surface area contributed by atoms with E-state index in [1.54, 1.807) is 0 Å². The Bertz CT molecular complexity index is 577. The lowest BCUT2D eigenvalue weighted by molar-refractivity contribution is -0.293. The molecular weight excluding hydrogens is 248 g/mol. The second-order valence-corrected chi connectivity index (χ2v) is 5.53. The summed E-state index contributed by atoms with van der Waals surface area (Å²) in [6, 6.07) is 14.8. The highest BCUT2D eigenvalue weighted by Gasteiger charge is 2.38. The normalized spacial score (nSPS) is 26.8. The van der Waals surface area contributed by atoms with Gasteiger partial charge in [-0.3, -0.25) is 0 Å². The molecule has 0 unspecified atom stereocenters. The highest BCUT2D eigenvalue weighted by molar-refractivity contribution is 5.86. The second-order valence-electron chi connectivity index (χ2n) is 5.53. The third kappa shape index (κ3) is 2.23. The lowest BCUT2D eigenvalue weighted by Crippen LogP contribution is -2.41. The van der Waals surface area contributed by atoms with E-state index in [1.807, 2.05) is 0 Å². The van der Waals surface area contributed by atoms with E-state index in [9.17, 15) is 0 Å². The zero-order valence-corrected chi connectivity index (χ0v) is 12.3. The Morgan fingerprint density at radius 1 is 1.00 bits per heavy atom. The van der Waals surface area contributed by atoms with Crippen LogP contribution in [0.4, 0.5) is 0 Å². The maximum atomic E-state index is 6.19. The first kappa shape index (κ1) is 13.6. The third-order valence-electron chi connectivity index (χ3n) is 4.35. The predicted octanol–water partition coefficient (Wildman–Crippen LogP) is 4.48. The van der Waals surface area contributed by atoms with Crippen LogP contribution in [-0.2, 0) is 15.3 Å². The molecule has 0 saturated carbocycles. The van der Waals surface area contributed by atoms with Crippen LogP contribution in [0.2, 0.25) is 0 Å². The van der Waals surface area contributed by atoms with Crippen molar-refractivity contribution in [1.29, 1.82) is 0 Å². The molecule has 2 nitrogen and oxygen atoms in total. The van der Waals surface area contributed by atoms with E-state index >= 15 is 0 Å². The van der Waals surface area contributed by atoms with Gasteiger partial charge < -0.3 is 9.47 Å². The molecule has 1 aliphatic heterocycles. The maximum absolute atomic E-state index is 6.19. The van der Waals surface area contributed by atoms with Gasteiger partial charge in [0.05, 0.1) is 13.2 Å². The summed E-state index contributed by atoms with van der Waals surface area (Å²) in [6.45, 7) is 5.89. The van der Waals surface area contributed by atoms with Crippen molar-refractivity contribution < 1.29 is 9.47 Å². The molecule has 1 saturated heterocycles. The van der Waals surface area contributed by atoms with Gasteiger partial charge in [0.1, 0.15) is 0 Å². The van der Waals surface area contributed by atoms with Crippen LogP contribution in [0.1, 0.15) is 32.3 Å². The Kier molecular flexibility index (Phi) is 3.77. The number of ether oxygens (including phenoxy) is 2. The van der Waals surface area contributed by atoms with E-state index < -0.39 is 5.79 Å². The fourth-order valence-corrected chi connectivity index (χ4v) is 2.94. The topological polar surface area (TPSA) is 18.5 Å². The number of hydrogen-bond acceptors (Lipinski definition) is 2. The lowest BCUT2D eigenvalue weighted by Gasteiger charge is -2.40. The van der Waals surface area contributed by atoms with Gasteiger partial charge in [-0.25, -0.2) is 0 Å². The largest absolute Gasteiger partial charge is 0.345 e.